The smallest absolute Gasteiger partial charge is 0.308 e. The van der Waals surface area contributed by atoms with Crippen LogP contribution in [0, 0.1) is 0 Å². The summed E-state index contributed by atoms with van der Waals surface area (Å²) in [5.74, 6) is 0.506. The zero-order chi connectivity index (χ0) is 22.3. The van der Waals surface area contributed by atoms with Crippen LogP contribution in [0.2, 0.25) is 5.02 Å². The van der Waals surface area contributed by atoms with E-state index in [2.05, 4.69) is 10.1 Å². The average Bonchev–Trinajstić information content (AvgIpc) is 3.31. The first-order valence-corrected chi connectivity index (χ1v) is 12.0. The van der Waals surface area contributed by atoms with Crippen molar-refractivity contribution >= 4 is 43.2 Å². The number of hydrogen-bond acceptors (Lipinski definition) is 7. The van der Waals surface area contributed by atoms with E-state index in [0.717, 1.165) is 21.2 Å². The van der Waals surface area contributed by atoms with E-state index in [9.17, 15) is 13.2 Å². The summed E-state index contributed by atoms with van der Waals surface area (Å²) in [5.41, 5.74) is 1.43. The third-order valence-corrected chi connectivity index (χ3v) is 7.71. The molecule has 8 nitrogen and oxygen atoms in total. The van der Waals surface area contributed by atoms with Crippen LogP contribution in [0.25, 0.3) is 21.6 Å². The van der Waals surface area contributed by atoms with Crippen molar-refractivity contribution in [2.24, 2.45) is 0 Å². The summed E-state index contributed by atoms with van der Waals surface area (Å²) in [6.07, 6.45) is 0. The third kappa shape index (κ3) is 4.16. The average molecular weight is 479 g/mol. The van der Waals surface area contributed by atoms with Crippen molar-refractivity contribution in [1.29, 1.82) is 0 Å². The van der Waals surface area contributed by atoms with Crippen molar-refractivity contribution < 1.29 is 12.9 Å². The molecule has 0 unspecified atom stereocenters. The van der Waals surface area contributed by atoms with Crippen LogP contribution in [-0.2, 0) is 16.6 Å². The molecule has 31 heavy (non-hydrogen) atoms. The van der Waals surface area contributed by atoms with E-state index in [4.69, 9.17) is 16.1 Å². The van der Waals surface area contributed by atoms with Crippen LogP contribution in [0.4, 0.5) is 0 Å². The molecular weight excluding hydrogens is 460 g/mol. The molecule has 0 amide bonds. The van der Waals surface area contributed by atoms with Gasteiger partial charge in [0.1, 0.15) is 0 Å². The van der Waals surface area contributed by atoms with Gasteiger partial charge in [0.2, 0.25) is 21.7 Å². The number of fused-ring (bicyclic) bond motifs is 1. The molecule has 2 aromatic carbocycles. The molecule has 162 valence electrons. The number of halogens is 1. The monoisotopic (exact) mass is 478 g/mol. The highest BCUT2D eigenvalue weighted by molar-refractivity contribution is 7.89. The fraction of sp³-hybridized carbons (Fsp3) is 0.250. The first kappa shape index (κ1) is 21.7. The molecule has 2 aromatic heterocycles. The zero-order valence-corrected chi connectivity index (χ0v) is 19.3. The third-order valence-electron chi connectivity index (χ3n) is 4.74. The number of thiazole rings is 1. The predicted octanol–water partition coefficient (Wildman–Crippen LogP) is 4.17. The maximum atomic E-state index is 13.1. The van der Waals surface area contributed by atoms with Crippen LogP contribution >= 0.6 is 22.9 Å². The molecule has 0 N–H and O–H groups in total. The summed E-state index contributed by atoms with van der Waals surface area (Å²) < 4.78 is 34.8. The predicted molar refractivity (Wildman–Crippen MR) is 120 cm³/mol. The molecule has 0 bridgehead atoms. The van der Waals surface area contributed by atoms with Crippen LogP contribution in [0.15, 0.2) is 56.7 Å². The lowest BCUT2D eigenvalue weighted by atomic mass is 10.2. The van der Waals surface area contributed by atoms with E-state index in [-0.39, 0.29) is 28.2 Å². The highest BCUT2D eigenvalue weighted by Crippen LogP contribution is 2.26. The Kier molecular flexibility index (Phi) is 5.73. The Balaban J connectivity index is 1.59. The first-order chi connectivity index (χ1) is 14.7. The van der Waals surface area contributed by atoms with Crippen LogP contribution in [0.3, 0.4) is 0 Å². The lowest BCUT2D eigenvalue weighted by Crippen LogP contribution is -2.26. The fourth-order valence-electron chi connectivity index (χ4n) is 3.16. The minimum absolute atomic E-state index is 0.0151. The molecule has 0 saturated heterocycles. The molecule has 4 rings (SSSR count). The van der Waals surface area contributed by atoms with E-state index in [1.165, 1.54) is 19.2 Å². The lowest BCUT2D eigenvalue weighted by molar-refractivity contribution is 0.337. The van der Waals surface area contributed by atoms with Gasteiger partial charge in [0, 0.05) is 23.7 Å². The van der Waals surface area contributed by atoms with Crippen LogP contribution in [-0.4, -0.2) is 34.5 Å². The number of rotatable bonds is 6. The van der Waals surface area contributed by atoms with E-state index < -0.39 is 10.0 Å². The topological polar surface area (TPSA) is 98.3 Å². The summed E-state index contributed by atoms with van der Waals surface area (Å²) in [6.45, 7) is 3.73. The Morgan fingerprint density at radius 1 is 1.19 bits per heavy atom. The van der Waals surface area contributed by atoms with Gasteiger partial charge in [-0.25, -0.2) is 8.42 Å². The maximum absolute atomic E-state index is 13.1. The van der Waals surface area contributed by atoms with E-state index in [0.29, 0.717) is 21.1 Å². The molecule has 0 radical (unpaired) electrons. The van der Waals surface area contributed by atoms with Gasteiger partial charge in [-0.05, 0) is 56.3 Å². The minimum Gasteiger partial charge on any atom is -0.338 e. The Morgan fingerprint density at radius 2 is 1.90 bits per heavy atom. The Morgan fingerprint density at radius 3 is 2.58 bits per heavy atom. The largest absolute Gasteiger partial charge is 0.338 e. The Bertz CT molecular complexity index is 1410. The van der Waals surface area contributed by atoms with Gasteiger partial charge < -0.3 is 4.52 Å². The van der Waals surface area contributed by atoms with E-state index in [1.54, 1.807) is 34.9 Å². The summed E-state index contributed by atoms with van der Waals surface area (Å²) in [6, 6.07) is 11.6. The van der Waals surface area contributed by atoms with Crippen LogP contribution < -0.4 is 4.87 Å². The highest BCUT2D eigenvalue weighted by atomic mass is 35.5. The molecule has 0 fully saturated rings. The van der Waals surface area contributed by atoms with Gasteiger partial charge in [-0.2, -0.15) is 9.29 Å². The summed E-state index contributed by atoms with van der Waals surface area (Å²) in [4.78, 5) is 16.5. The van der Waals surface area contributed by atoms with Crippen molar-refractivity contribution in [3.63, 3.8) is 0 Å². The van der Waals surface area contributed by atoms with Gasteiger partial charge in [-0.1, -0.05) is 28.1 Å². The Hall–Kier alpha value is -2.53. The maximum Gasteiger partial charge on any atom is 0.308 e. The molecule has 11 heteroatoms. The molecule has 0 aliphatic carbocycles. The molecular formula is C20H19ClN4O4S2. The van der Waals surface area contributed by atoms with Gasteiger partial charge in [0.25, 0.3) is 0 Å². The second-order valence-corrected chi connectivity index (χ2v) is 10.7. The van der Waals surface area contributed by atoms with E-state index in [1.807, 2.05) is 13.8 Å². The molecule has 0 saturated carbocycles. The van der Waals surface area contributed by atoms with Crippen molar-refractivity contribution in [3.8, 4) is 11.4 Å². The standard InChI is InChI=1S/C20H19ClN4O4S2/c1-12(2)25-16-9-8-15(10-17(16)30-20(25)26)31(27,28)24(3)11-18-22-19(23-29-18)13-4-6-14(21)7-5-13/h4-10,12H,11H2,1-3H3. The normalized spacial score (nSPS) is 12.3. The first-order valence-electron chi connectivity index (χ1n) is 9.37. The number of sulfonamides is 1. The summed E-state index contributed by atoms with van der Waals surface area (Å²) in [5, 5.41) is 4.49. The summed E-state index contributed by atoms with van der Waals surface area (Å²) in [7, 11) is -2.39. The van der Waals surface area contributed by atoms with Crippen molar-refractivity contribution in [2.75, 3.05) is 7.05 Å². The molecule has 4 aromatic rings. The number of aromatic nitrogens is 3. The van der Waals surface area contributed by atoms with Crippen molar-refractivity contribution in [3.05, 3.63) is 63.0 Å². The van der Waals surface area contributed by atoms with Gasteiger partial charge >= 0.3 is 4.87 Å². The SMILES string of the molecule is CC(C)n1c(=O)sc2cc(S(=O)(=O)N(C)Cc3nc(-c4ccc(Cl)cc4)no3)ccc21. The molecule has 0 atom stereocenters. The van der Waals surface area contributed by atoms with Crippen LogP contribution in [0.5, 0.6) is 0 Å². The second kappa shape index (κ2) is 8.19. The highest BCUT2D eigenvalue weighted by Gasteiger charge is 2.24. The number of hydrogen-bond donors (Lipinski definition) is 0. The van der Waals surface area contributed by atoms with Gasteiger partial charge in [0.05, 0.1) is 21.7 Å². The molecule has 0 aliphatic heterocycles. The molecule has 0 spiro atoms. The summed E-state index contributed by atoms with van der Waals surface area (Å²) >= 11 is 6.92. The second-order valence-electron chi connectivity index (χ2n) is 7.24. The molecule has 0 aliphatic rings. The molecule has 2 heterocycles. The Labute approximate surface area is 187 Å². The zero-order valence-electron chi connectivity index (χ0n) is 16.9. The van der Waals surface area contributed by atoms with Gasteiger partial charge in [0.15, 0.2) is 0 Å². The van der Waals surface area contributed by atoms with Gasteiger partial charge in [-0.15, -0.1) is 0 Å². The quantitative estimate of drug-likeness (QED) is 0.412. The van der Waals surface area contributed by atoms with Crippen molar-refractivity contribution in [1.82, 2.24) is 19.0 Å². The van der Waals surface area contributed by atoms with Crippen LogP contribution in [0.1, 0.15) is 25.8 Å². The van der Waals surface area contributed by atoms with Gasteiger partial charge in [-0.3, -0.25) is 9.36 Å². The number of benzene rings is 2. The fourth-order valence-corrected chi connectivity index (χ4v) is 5.56. The van der Waals surface area contributed by atoms with E-state index >= 15 is 0 Å². The lowest BCUT2D eigenvalue weighted by Gasteiger charge is -2.15. The number of nitrogens with zero attached hydrogens (tertiary/aromatic N) is 4. The minimum atomic E-state index is -3.83. The van der Waals surface area contributed by atoms with Crippen molar-refractivity contribution in [2.45, 2.75) is 31.3 Å².